The van der Waals surface area contributed by atoms with E-state index in [-0.39, 0.29) is 6.09 Å². The molecule has 124 valence electrons. The summed E-state index contributed by atoms with van der Waals surface area (Å²) in [4.78, 5) is 13.9. The highest BCUT2D eigenvalue weighted by molar-refractivity contribution is 6.30. The number of hydrogen-bond donors (Lipinski definition) is 1. The molecule has 0 spiro atoms. The van der Waals surface area contributed by atoms with E-state index in [1.54, 1.807) is 4.90 Å². The van der Waals surface area contributed by atoms with Gasteiger partial charge in [0.05, 0.1) is 0 Å². The van der Waals surface area contributed by atoms with E-state index in [9.17, 15) is 4.79 Å². The van der Waals surface area contributed by atoms with Crippen LogP contribution in [0.3, 0.4) is 0 Å². The standard InChI is InChI=1S/C17H27ClN2O2/c1-5-10-20(16(21)22-17(2,3)4)11-9-19-13-14-7-6-8-15(18)12-14/h6-8,12,19H,5,9-11,13H2,1-4H3. The van der Waals surface area contributed by atoms with Gasteiger partial charge in [0.25, 0.3) is 0 Å². The van der Waals surface area contributed by atoms with Gasteiger partial charge in [0.2, 0.25) is 0 Å². The van der Waals surface area contributed by atoms with Crippen LogP contribution in [0.25, 0.3) is 0 Å². The number of halogens is 1. The molecule has 1 rings (SSSR count). The molecule has 0 saturated heterocycles. The number of ether oxygens (including phenoxy) is 1. The number of carbonyl (C=O) groups is 1. The molecule has 0 unspecified atom stereocenters. The molecular weight excluding hydrogens is 300 g/mol. The summed E-state index contributed by atoms with van der Waals surface area (Å²) in [5, 5.41) is 4.06. The quantitative estimate of drug-likeness (QED) is 0.768. The Morgan fingerprint density at radius 3 is 2.64 bits per heavy atom. The predicted molar refractivity (Wildman–Crippen MR) is 91.3 cm³/mol. The minimum atomic E-state index is -0.461. The number of nitrogens with zero attached hydrogens (tertiary/aromatic N) is 1. The molecule has 0 fully saturated rings. The van der Waals surface area contributed by atoms with Crippen molar-refractivity contribution in [3.8, 4) is 0 Å². The van der Waals surface area contributed by atoms with Gasteiger partial charge in [-0.3, -0.25) is 0 Å². The number of amides is 1. The molecule has 0 aliphatic heterocycles. The lowest BCUT2D eigenvalue weighted by Gasteiger charge is -2.27. The fourth-order valence-corrected chi connectivity index (χ4v) is 2.20. The van der Waals surface area contributed by atoms with Crippen LogP contribution in [-0.4, -0.2) is 36.2 Å². The van der Waals surface area contributed by atoms with E-state index >= 15 is 0 Å². The van der Waals surface area contributed by atoms with Crippen molar-refractivity contribution in [1.82, 2.24) is 10.2 Å². The largest absolute Gasteiger partial charge is 0.444 e. The monoisotopic (exact) mass is 326 g/mol. The summed E-state index contributed by atoms with van der Waals surface area (Å²) in [5.41, 5.74) is 0.670. The van der Waals surface area contributed by atoms with Crippen molar-refractivity contribution >= 4 is 17.7 Å². The van der Waals surface area contributed by atoms with E-state index in [1.165, 1.54) is 0 Å². The molecule has 0 atom stereocenters. The van der Waals surface area contributed by atoms with Gasteiger partial charge in [0.15, 0.2) is 0 Å². The second-order valence-corrected chi connectivity index (χ2v) is 6.71. The highest BCUT2D eigenvalue weighted by atomic mass is 35.5. The highest BCUT2D eigenvalue weighted by Gasteiger charge is 2.21. The SMILES string of the molecule is CCCN(CCNCc1cccc(Cl)c1)C(=O)OC(C)(C)C. The fraction of sp³-hybridized carbons (Fsp3) is 0.588. The summed E-state index contributed by atoms with van der Waals surface area (Å²) in [6.45, 7) is 10.5. The highest BCUT2D eigenvalue weighted by Crippen LogP contribution is 2.11. The lowest BCUT2D eigenvalue weighted by Crippen LogP contribution is -2.40. The maximum atomic E-state index is 12.1. The Morgan fingerprint density at radius 2 is 2.05 bits per heavy atom. The average Bonchev–Trinajstić information content (AvgIpc) is 2.40. The van der Waals surface area contributed by atoms with Gasteiger partial charge in [-0.2, -0.15) is 0 Å². The third-order valence-electron chi connectivity index (χ3n) is 2.92. The Balaban J connectivity index is 2.39. The Labute approximate surface area is 138 Å². The van der Waals surface area contributed by atoms with Crippen LogP contribution in [0, 0.1) is 0 Å². The molecular formula is C17H27ClN2O2. The van der Waals surface area contributed by atoms with E-state index in [0.29, 0.717) is 19.6 Å². The third kappa shape index (κ3) is 7.66. The van der Waals surface area contributed by atoms with Crippen molar-refractivity contribution in [1.29, 1.82) is 0 Å². The number of rotatable bonds is 7. The van der Waals surface area contributed by atoms with Crippen molar-refractivity contribution in [2.75, 3.05) is 19.6 Å². The van der Waals surface area contributed by atoms with Crippen LogP contribution in [0.2, 0.25) is 5.02 Å². The molecule has 0 saturated carbocycles. The summed E-state index contributed by atoms with van der Waals surface area (Å²) < 4.78 is 5.43. The summed E-state index contributed by atoms with van der Waals surface area (Å²) >= 11 is 5.96. The van der Waals surface area contributed by atoms with Crippen LogP contribution >= 0.6 is 11.6 Å². The smallest absolute Gasteiger partial charge is 0.410 e. The van der Waals surface area contributed by atoms with Crippen LogP contribution in [0.5, 0.6) is 0 Å². The molecule has 0 aliphatic carbocycles. The summed E-state index contributed by atoms with van der Waals surface area (Å²) in [6.07, 6.45) is 0.659. The van der Waals surface area contributed by atoms with Crippen molar-refractivity contribution in [3.63, 3.8) is 0 Å². The zero-order valence-corrected chi connectivity index (χ0v) is 14.7. The first-order valence-corrected chi connectivity index (χ1v) is 8.12. The Bertz CT molecular complexity index is 472. The second kappa shape index (κ2) is 9.01. The van der Waals surface area contributed by atoms with E-state index in [4.69, 9.17) is 16.3 Å². The second-order valence-electron chi connectivity index (χ2n) is 6.27. The lowest BCUT2D eigenvalue weighted by atomic mass is 10.2. The topological polar surface area (TPSA) is 41.6 Å². The van der Waals surface area contributed by atoms with Crippen molar-refractivity contribution in [2.24, 2.45) is 0 Å². The normalized spacial score (nSPS) is 11.3. The van der Waals surface area contributed by atoms with Crippen LogP contribution in [0.15, 0.2) is 24.3 Å². The molecule has 1 N–H and O–H groups in total. The summed E-state index contributed by atoms with van der Waals surface area (Å²) in [7, 11) is 0. The van der Waals surface area contributed by atoms with Gasteiger partial charge in [-0.25, -0.2) is 4.79 Å². The first-order chi connectivity index (χ1) is 10.3. The molecule has 0 aromatic heterocycles. The Hall–Kier alpha value is -1.26. The van der Waals surface area contributed by atoms with Gasteiger partial charge in [-0.05, 0) is 44.9 Å². The van der Waals surface area contributed by atoms with Gasteiger partial charge >= 0.3 is 6.09 Å². The molecule has 5 heteroatoms. The number of hydrogen-bond acceptors (Lipinski definition) is 3. The molecule has 4 nitrogen and oxygen atoms in total. The van der Waals surface area contributed by atoms with Crippen LogP contribution in [0.4, 0.5) is 4.79 Å². The average molecular weight is 327 g/mol. The number of carbonyl (C=O) groups excluding carboxylic acids is 1. The molecule has 0 radical (unpaired) electrons. The van der Waals surface area contributed by atoms with Crippen molar-refractivity contribution in [3.05, 3.63) is 34.9 Å². The van der Waals surface area contributed by atoms with Crippen LogP contribution < -0.4 is 5.32 Å². The van der Waals surface area contributed by atoms with Gasteiger partial charge in [0.1, 0.15) is 5.60 Å². The zero-order chi connectivity index (χ0) is 16.6. The zero-order valence-electron chi connectivity index (χ0n) is 14.0. The van der Waals surface area contributed by atoms with E-state index in [0.717, 1.165) is 23.6 Å². The number of benzene rings is 1. The van der Waals surface area contributed by atoms with Gasteiger partial charge < -0.3 is 15.0 Å². The maximum absolute atomic E-state index is 12.1. The van der Waals surface area contributed by atoms with Gasteiger partial charge in [-0.15, -0.1) is 0 Å². The summed E-state index contributed by atoms with van der Waals surface area (Å²) in [6, 6.07) is 7.75. The van der Waals surface area contributed by atoms with E-state index < -0.39 is 5.60 Å². The number of nitrogens with one attached hydrogen (secondary N) is 1. The first kappa shape index (κ1) is 18.8. The molecule has 0 bridgehead atoms. The third-order valence-corrected chi connectivity index (χ3v) is 3.16. The van der Waals surface area contributed by atoms with Crippen molar-refractivity contribution < 1.29 is 9.53 Å². The van der Waals surface area contributed by atoms with Crippen LogP contribution in [-0.2, 0) is 11.3 Å². The Kier molecular flexibility index (Phi) is 7.69. The molecule has 0 aliphatic rings. The fourth-order valence-electron chi connectivity index (χ4n) is 1.98. The first-order valence-electron chi connectivity index (χ1n) is 7.75. The summed E-state index contributed by atoms with van der Waals surface area (Å²) in [5.74, 6) is 0. The lowest BCUT2D eigenvalue weighted by molar-refractivity contribution is 0.0252. The minimum absolute atomic E-state index is 0.251. The molecule has 1 aromatic rings. The molecule has 22 heavy (non-hydrogen) atoms. The van der Waals surface area contributed by atoms with Gasteiger partial charge in [0, 0.05) is 31.2 Å². The Morgan fingerprint density at radius 1 is 1.32 bits per heavy atom. The van der Waals surface area contributed by atoms with Gasteiger partial charge in [-0.1, -0.05) is 30.7 Å². The van der Waals surface area contributed by atoms with Crippen LogP contribution in [0.1, 0.15) is 39.7 Å². The van der Waals surface area contributed by atoms with Crippen molar-refractivity contribution in [2.45, 2.75) is 46.3 Å². The van der Waals surface area contributed by atoms with E-state index in [1.807, 2.05) is 45.0 Å². The molecule has 1 aromatic carbocycles. The predicted octanol–water partition coefficient (Wildman–Crippen LogP) is 4.08. The van der Waals surface area contributed by atoms with E-state index in [2.05, 4.69) is 12.2 Å². The minimum Gasteiger partial charge on any atom is -0.444 e. The maximum Gasteiger partial charge on any atom is 0.410 e. The molecule has 1 amide bonds. The molecule has 0 heterocycles.